The van der Waals surface area contributed by atoms with Crippen molar-refractivity contribution in [3.8, 4) is 5.75 Å². The summed E-state index contributed by atoms with van der Waals surface area (Å²) in [5.74, 6) is 1.17. The summed E-state index contributed by atoms with van der Waals surface area (Å²) in [7, 11) is 1.65. The van der Waals surface area contributed by atoms with Crippen LogP contribution in [0.1, 0.15) is 43.7 Å². The number of ether oxygens (including phenoxy) is 1. The molecule has 2 N–H and O–H groups in total. The lowest BCUT2D eigenvalue weighted by molar-refractivity contribution is 0.407. The molecule has 0 spiro atoms. The number of halogens is 1. The fraction of sp³-hybridized carbons (Fsp3) is 0.538. The van der Waals surface area contributed by atoms with Crippen LogP contribution in [0.5, 0.6) is 5.75 Å². The number of hydrogen-bond acceptors (Lipinski definition) is 2. The molecule has 0 aromatic heterocycles. The van der Waals surface area contributed by atoms with Gasteiger partial charge in [-0.25, -0.2) is 0 Å². The van der Waals surface area contributed by atoms with Gasteiger partial charge in [-0.05, 0) is 42.0 Å². The minimum Gasteiger partial charge on any atom is -0.495 e. The molecule has 16 heavy (non-hydrogen) atoms. The van der Waals surface area contributed by atoms with Crippen LogP contribution < -0.4 is 10.5 Å². The molecule has 0 amide bonds. The van der Waals surface area contributed by atoms with Gasteiger partial charge in [0.25, 0.3) is 0 Å². The zero-order valence-electron chi connectivity index (χ0n) is 10.0. The molecule has 1 aliphatic carbocycles. The van der Waals surface area contributed by atoms with Crippen LogP contribution in [-0.2, 0) is 5.54 Å². The van der Waals surface area contributed by atoms with E-state index in [0.717, 1.165) is 29.7 Å². The molecule has 2 nitrogen and oxygen atoms in total. The third-order valence-electron chi connectivity index (χ3n) is 3.26. The molecular formula is C13H18ClNO. The van der Waals surface area contributed by atoms with Crippen LogP contribution in [0.2, 0.25) is 5.02 Å². The SMILES string of the molecule is COc1c(Cl)cc(C2(N)CC2)cc1C(C)C. The van der Waals surface area contributed by atoms with E-state index >= 15 is 0 Å². The summed E-state index contributed by atoms with van der Waals surface area (Å²) in [5, 5.41) is 0.667. The quantitative estimate of drug-likeness (QED) is 0.877. The zero-order chi connectivity index (χ0) is 11.9. The summed E-state index contributed by atoms with van der Waals surface area (Å²) in [4.78, 5) is 0. The second-order valence-corrected chi connectivity index (χ2v) is 5.30. The van der Waals surface area contributed by atoms with Crippen molar-refractivity contribution in [2.45, 2.75) is 38.1 Å². The van der Waals surface area contributed by atoms with E-state index in [1.807, 2.05) is 6.07 Å². The molecule has 88 valence electrons. The Hall–Kier alpha value is -0.730. The maximum Gasteiger partial charge on any atom is 0.140 e. The molecule has 0 saturated heterocycles. The topological polar surface area (TPSA) is 35.2 Å². The van der Waals surface area contributed by atoms with Crippen LogP contribution >= 0.6 is 11.6 Å². The first kappa shape index (κ1) is 11.7. The predicted octanol–water partition coefficient (Wildman–Crippen LogP) is 3.42. The monoisotopic (exact) mass is 239 g/mol. The van der Waals surface area contributed by atoms with Gasteiger partial charge in [-0.2, -0.15) is 0 Å². The molecular weight excluding hydrogens is 222 g/mol. The maximum atomic E-state index is 6.23. The predicted molar refractivity (Wildman–Crippen MR) is 67.2 cm³/mol. The molecule has 0 unspecified atom stereocenters. The van der Waals surface area contributed by atoms with Crippen molar-refractivity contribution in [3.63, 3.8) is 0 Å². The third kappa shape index (κ3) is 1.92. The highest BCUT2D eigenvalue weighted by molar-refractivity contribution is 6.32. The molecule has 0 heterocycles. The van der Waals surface area contributed by atoms with Crippen LogP contribution in [-0.4, -0.2) is 7.11 Å². The van der Waals surface area contributed by atoms with Crippen molar-refractivity contribution in [2.75, 3.05) is 7.11 Å². The lowest BCUT2D eigenvalue weighted by atomic mass is 9.96. The highest BCUT2D eigenvalue weighted by atomic mass is 35.5. The first-order chi connectivity index (χ1) is 7.48. The molecule has 1 saturated carbocycles. The van der Waals surface area contributed by atoms with Crippen LogP contribution in [0.25, 0.3) is 0 Å². The molecule has 0 aliphatic heterocycles. The molecule has 1 aromatic carbocycles. The van der Waals surface area contributed by atoms with E-state index in [4.69, 9.17) is 22.1 Å². The minimum absolute atomic E-state index is 0.139. The van der Waals surface area contributed by atoms with E-state index in [2.05, 4.69) is 19.9 Å². The molecule has 0 atom stereocenters. The Kier molecular flexibility index (Phi) is 2.89. The smallest absolute Gasteiger partial charge is 0.140 e. The molecule has 1 aromatic rings. The third-order valence-corrected chi connectivity index (χ3v) is 3.54. The highest BCUT2D eigenvalue weighted by Crippen LogP contribution is 2.46. The van der Waals surface area contributed by atoms with Gasteiger partial charge in [0.15, 0.2) is 0 Å². The van der Waals surface area contributed by atoms with Gasteiger partial charge in [0.05, 0.1) is 12.1 Å². The summed E-state index contributed by atoms with van der Waals surface area (Å²) in [6, 6.07) is 4.08. The average Bonchev–Trinajstić information content (AvgIpc) is 2.96. The van der Waals surface area contributed by atoms with E-state index in [9.17, 15) is 0 Å². The van der Waals surface area contributed by atoms with Crippen molar-refractivity contribution in [3.05, 3.63) is 28.3 Å². The largest absolute Gasteiger partial charge is 0.495 e. The summed E-state index contributed by atoms with van der Waals surface area (Å²) < 4.78 is 5.35. The van der Waals surface area contributed by atoms with Gasteiger partial charge < -0.3 is 10.5 Å². The van der Waals surface area contributed by atoms with Crippen molar-refractivity contribution >= 4 is 11.6 Å². The standard InChI is InChI=1S/C13H18ClNO/c1-8(2)10-6-9(13(15)4-5-13)7-11(14)12(10)16-3/h6-8H,4-5,15H2,1-3H3. The highest BCUT2D eigenvalue weighted by Gasteiger charge is 2.40. The van der Waals surface area contributed by atoms with E-state index < -0.39 is 0 Å². The molecule has 1 fully saturated rings. The van der Waals surface area contributed by atoms with Gasteiger partial charge in [0.2, 0.25) is 0 Å². The number of rotatable bonds is 3. The minimum atomic E-state index is -0.139. The van der Waals surface area contributed by atoms with E-state index in [1.54, 1.807) is 7.11 Å². The Bertz CT molecular complexity index is 411. The fourth-order valence-corrected chi connectivity index (χ4v) is 2.27. The summed E-state index contributed by atoms with van der Waals surface area (Å²) in [5.41, 5.74) is 8.34. The molecule has 2 rings (SSSR count). The van der Waals surface area contributed by atoms with Gasteiger partial charge in [0.1, 0.15) is 5.75 Å². The summed E-state index contributed by atoms with van der Waals surface area (Å²) in [6.07, 6.45) is 2.10. The number of nitrogens with two attached hydrogens (primary N) is 1. The van der Waals surface area contributed by atoms with Crippen LogP contribution in [0, 0.1) is 0 Å². The van der Waals surface area contributed by atoms with Crippen molar-refractivity contribution in [1.82, 2.24) is 0 Å². The molecule has 0 bridgehead atoms. The Morgan fingerprint density at radius 3 is 2.44 bits per heavy atom. The van der Waals surface area contributed by atoms with Crippen molar-refractivity contribution < 1.29 is 4.74 Å². The lowest BCUT2D eigenvalue weighted by Gasteiger charge is -2.18. The van der Waals surface area contributed by atoms with Gasteiger partial charge in [-0.15, -0.1) is 0 Å². The zero-order valence-corrected chi connectivity index (χ0v) is 10.8. The van der Waals surface area contributed by atoms with E-state index in [0.29, 0.717) is 10.9 Å². The average molecular weight is 240 g/mol. The Labute approximate surface area is 102 Å². The van der Waals surface area contributed by atoms with Crippen LogP contribution in [0.4, 0.5) is 0 Å². The summed E-state index contributed by atoms with van der Waals surface area (Å²) >= 11 is 6.23. The van der Waals surface area contributed by atoms with Crippen LogP contribution in [0.3, 0.4) is 0 Å². The number of benzene rings is 1. The van der Waals surface area contributed by atoms with Crippen molar-refractivity contribution in [1.29, 1.82) is 0 Å². The fourth-order valence-electron chi connectivity index (χ4n) is 1.97. The van der Waals surface area contributed by atoms with Gasteiger partial charge in [0, 0.05) is 5.54 Å². The lowest BCUT2D eigenvalue weighted by Crippen LogP contribution is -2.19. The van der Waals surface area contributed by atoms with E-state index in [-0.39, 0.29) is 5.54 Å². The number of methoxy groups -OCH3 is 1. The van der Waals surface area contributed by atoms with E-state index in [1.165, 1.54) is 0 Å². The molecule has 1 aliphatic rings. The van der Waals surface area contributed by atoms with Gasteiger partial charge in [-0.1, -0.05) is 25.4 Å². The van der Waals surface area contributed by atoms with Gasteiger partial charge >= 0.3 is 0 Å². The first-order valence-corrected chi connectivity index (χ1v) is 6.02. The summed E-state index contributed by atoms with van der Waals surface area (Å²) in [6.45, 7) is 4.27. The Morgan fingerprint density at radius 1 is 1.38 bits per heavy atom. The second kappa shape index (κ2) is 3.94. The first-order valence-electron chi connectivity index (χ1n) is 5.65. The van der Waals surface area contributed by atoms with Crippen LogP contribution in [0.15, 0.2) is 12.1 Å². The molecule has 0 radical (unpaired) electrons. The Morgan fingerprint density at radius 2 is 2.00 bits per heavy atom. The Balaban J connectivity index is 2.52. The van der Waals surface area contributed by atoms with Crippen molar-refractivity contribution in [2.24, 2.45) is 5.73 Å². The van der Waals surface area contributed by atoms with Gasteiger partial charge in [-0.3, -0.25) is 0 Å². The molecule has 3 heteroatoms. The maximum absolute atomic E-state index is 6.23. The second-order valence-electron chi connectivity index (χ2n) is 4.89. The normalized spacial score (nSPS) is 17.6. The number of hydrogen-bond donors (Lipinski definition) is 1.